The molecule has 0 saturated carbocycles. The minimum absolute atomic E-state index is 0.0148. The van der Waals surface area contributed by atoms with Gasteiger partial charge in [-0.15, -0.1) is 16.9 Å². The topological polar surface area (TPSA) is 168 Å². The number of hydrogen-bond donors (Lipinski definition) is 3. The molecule has 12 nitrogen and oxygen atoms in total. The molecule has 3 rings (SSSR count). The van der Waals surface area contributed by atoms with E-state index in [9.17, 15) is 36.3 Å². The third kappa shape index (κ3) is 5.69. The molecule has 2 aliphatic rings. The highest BCUT2D eigenvalue weighted by molar-refractivity contribution is 8.01. The summed E-state index contributed by atoms with van der Waals surface area (Å²) in [7, 11) is -4.42. The molecule has 176 valence electrons. The summed E-state index contributed by atoms with van der Waals surface area (Å²) in [5.74, 6) is -2.94. The maximum atomic E-state index is 12.5. The van der Waals surface area contributed by atoms with Crippen molar-refractivity contribution in [1.82, 2.24) is 30.4 Å². The molecule has 0 aromatic carbocycles. The summed E-state index contributed by atoms with van der Waals surface area (Å²) in [5.41, 5.74) is -0.0188. The number of thioether (sulfide) groups is 2. The van der Waals surface area contributed by atoms with Crippen LogP contribution in [0.25, 0.3) is 0 Å². The van der Waals surface area contributed by atoms with Crippen molar-refractivity contribution in [2.24, 2.45) is 0 Å². The van der Waals surface area contributed by atoms with Crippen LogP contribution in [0.4, 0.5) is 13.2 Å². The van der Waals surface area contributed by atoms with Crippen LogP contribution in [-0.4, -0.2) is 89.1 Å². The highest BCUT2D eigenvalue weighted by atomic mass is 32.2. The van der Waals surface area contributed by atoms with E-state index in [-0.39, 0.29) is 22.4 Å². The Morgan fingerprint density at radius 1 is 1.41 bits per heavy atom. The SMILES string of the molecule is O=C(O)C1=C(CSc2nnnn2CS(=O)(=O)O)CS[C@@H]2C(NC(=S)CC(F)(F)F)C(=O)N12. The fraction of sp³-hybridized carbons (Fsp3) is 0.538. The second kappa shape index (κ2) is 9.12. The average Bonchev–Trinajstić information content (AvgIpc) is 3.07. The Hall–Kier alpha value is -1.96. The molecule has 1 aromatic heterocycles. The van der Waals surface area contributed by atoms with Crippen LogP contribution >= 0.6 is 35.7 Å². The number of carboxylic acids is 1. The van der Waals surface area contributed by atoms with Crippen molar-refractivity contribution in [3.8, 4) is 0 Å². The summed E-state index contributed by atoms with van der Waals surface area (Å²) < 4.78 is 69.2. The number of nitrogens with zero attached hydrogens (tertiary/aromatic N) is 5. The van der Waals surface area contributed by atoms with Gasteiger partial charge in [-0.1, -0.05) is 24.0 Å². The van der Waals surface area contributed by atoms with Crippen molar-refractivity contribution >= 4 is 62.7 Å². The molecule has 1 aromatic rings. The van der Waals surface area contributed by atoms with Crippen LogP contribution in [0, 0.1) is 0 Å². The van der Waals surface area contributed by atoms with Crippen LogP contribution in [0.5, 0.6) is 0 Å². The van der Waals surface area contributed by atoms with E-state index < -0.39 is 56.9 Å². The van der Waals surface area contributed by atoms with E-state index in [1.165, 1.54) is 0 Å². The number of tetrazole rings is 1. The summed E-state index contributed by atoms with van der Waals surface area (Å²) in [4.78, 5) is 24.7. The summed E-state index contributed by atoms with van der Waals surface area (Å²) in [6.45, 7) is 0. The maximum Gasteiger partial charge on any atom is 0.395 e. The Balaban J connectivity index is 1.72. The van der Waals surface area contributed by atoms with Gasteiger partial charge in [-0.3, -0.25) is 14.2 Å². The number of hydrogen-bond acceptors (Lipinski definition) is 10. The number of fused-ring (bicyclic) bond motifs is 1. The van der Waals surface area contributed by atoms with Crippen molar-refractivity contribution in [2.75, 3.05) is 11.5 Å². The number of thiocarbonyl (C=S) groups is 1. The zero-order valence-corrected chi connectivity index (χ0v) is 18.8. The molecular formula is C13H13F3N6O6S4. The van der Waals surface area contributed by atoms with E-state index in [2.05, 4.69) is 33.1 Å². The van der Waals surface area contributed by atoms with Gasteiger partial charge in [0.05, 0.1) is 11.4 Å². The van der Waals surface area contributed by atoms with Crippen molar-refractivity contribution in [2.45, 2.75) is 35.0 Å². The molecule has 19 heteroatoms. The van der Waals surface area contributed by atoms with Crippen LogP contribution in [0.15, 0.2) is 16.4 Å². The predicted molar refractivity (Wildman–Crippen MR) is 108 cm³/mol. The molecule has 2 aliphatic heterocycles. The summed E-state index contributed by atoms with van der Waals surface area (Å²) in [5, 5.41) is 21.5. The molecule has 0 radical (unpaired) electrons. The Morgan fingerprint density at radius 3 is 2.69 bits per heavy atom. The summed E-state index contributed by atoms with van der Waals surface area (Å²) >= 11 is 6.67. The zero-order chi connectivity index (χ0) is 23.8. The second-order valence-corrected chi connectivity index (χ2v) is 10.4. The first kappa shape index (κ1) is 24.7. The molecule has 3 N–H and O–H groups in total. The molecular weight excluding hydrogens is 521 g/mol. The molecule has 1 saturated heterocycles. The monoisotopic (exact) mass is 534 g/mol. The van der Waals surface area contributed by atoms with E-state index in [1.807, 2.05) is 0 Å². The molecule has 32 heavy (non-hydrogen) atoms. The van der Waals surface area contributed by atoms with E-state index in [1.54, 1.807) is 0 Å². The van der Waals surface area contributed by atoms with Crippen molar-refractivity contribution in [1.29, 1.82) is 0 Å². The smallest absolute Gasteiger partial charge is 0.395 e. The zero-order valence-electron chi connectivity index (χ0n) is 15.5. The predicted octanol–water partition coefficient (Wildman–Crippen LogP) is 0.102. The standard InChI is InChI=1S/C13H13F3N6O6S4/c14-13(15,16)1-6(29)17-7-9(23)22-8(11(24)25)5(2-30-10(7)22)3-31-12-18-19-20-21(12)4-32(26,27)28/h7,10H,1-4H2,(H,17,29)(H,24,25)(H,26,27,28)/t7?,10-/m1/s1. The van der Waals surface area contributed by atoms with Gasteiger partial charge in [-0.05, 0) is 16.0 Å². The van der Waals surface area contributed by atoms with Crippen molar-refractivity contribution in [3.05, 3.63) is 11.3 Å². The molecule has 0 aliphatic carbocycles. The Labute approximate surface area is 191 Å². The van der Waals surface area contributed by atoms with Crippen LogP contribution < -0.4 is 5.32 Å². The lowest BCUT2D eigenvalue weighted by molar-refractivity contribution is -0.148. The number of aliphatic carboxylic acids is 1. The van der Waals surface area contributed by atoms with Gasteiger partial charge in [0.1, 0.15) is 17.1 Å². The highest BCUT2D eigenvalue weighted by Crippen LogP contribution is 2.41. The van der Waals surface area contributed by atoms with E-state index >= 15 is 0 Å². The number of β-lactam (4-membered cyclic amide) rings is 1. The molecule has 1 amide bonds. The Kier molecular flexibility index (Phi) is 7.03. The Bertz CT molecular complexity index is 1090. The Morgan fingerprint density at radius 2 is 2.09 bits per heavy atom. The number of nitrogens with one attached hydrogen (secondary N) is 1. The third-order valence-corrected chi connectivity index (χ3v) is 7.30. The molecule has 1 unspecified atom stereocenters. The average molecular weight is 535 g/mol. The van der Waals surface area contributed by atoms with Gasteiger partial charge in [0.2, 0.25) is 5.16 Å². The lowest BCUT2D eigenvalue weighted by Crippen LogP contribution is -2.70. The first-order chi connectivity index (χ1) is 14.8. The van der Waals surface area contributed by atoms with Gasteiger partial charge in [-0.25, -0.2) is 9.48 Å². The number of carboxylic acid groups (broad SMARTS) is 1. The molecule has 0 bridgehead atoms. The van der Waals surface area contributed by atoms with Crippen LogP contribution in [0.2, 0.25) is 0 Å². The first-order valence-corrected chi connectivity index (χ1v) is 12.4. The van der Waals surface area contributed by atoms with Gasteiger partial charge in [-0.2, -0.15) is 21.6 Å². The number of aromatic nitrogens is 4. The molecule has 1 fully saturated rings. The van der Waals surface area contributed by atoms with Crippen LogP contribution in [0.3, 0.4) is 0 Å². The van der Waals surface area contributed by atoms with E-state index in [4.69, 9.17) is 4.55 Å². The minimum Gasteiger partial charge on any atom is -0.477 e. The van der Waals surface area contributed by atoms with Crippen molar-refractivity contribution < 1.29 is 40.8 Å². The summed E-state index contributed by atoms with van der Waals surface area (Å²) in [6.07, 6.45) is -5.94. The number of carbonyl (C=O) groups excluding carboxylic acids is 1. The van der Waals surface area contributed by atoms with Gasteiger partial charge < -0.3 is 10.4 Å². The second-order valence-electron chi connectivity index (χ2n) is 6.46. The van der Waals surface area contributed by atoms with Gasteiger partial charge >= 0.3 is 12.1 Å². The fourth-order valence-electron chi connectivity index (χ4n) is 2.89. The van der Waals surface area contributed by atoms with E-state index in [0.717, 1.165) is 33.1 Å². The number of amides is 1. The number of halogens is 3. The molecule has 2 atom stereocenters. The number of carbonyl (C=O) groups is 2. The third-order valence-electron chi connectivity index (χ3n) is 4.09. The lowest BCUT2D eigenvalue weighted by Gasteiger charge is -2.49. The quantitative estimate of drug-likeness (QED) is 0.178. The number of alkyl halides is 3. The van der Waals surface area contributed by atoms with Crippen LogP contribution in [0.1, 0.15) is 6.42 Å². The van der Waals surface area contributed by atoms with Gasteiger partial charge in [0, 0.05) is 11.5 Å². The van der Waals surface area contributed by atoms with E-state index in [0.29, 0.717) is 5.57 Å². The van der Waals surface area contributed by atoms with Crippen LogP contribution in [-0.2, 0) is 25.6 Å². The largest absolute Gasteiger partial charge is 0.477 e. The van der Waals surface area contributed by atoms with Gasteiger partial charge in [0.25, 0.3) is 16.0 Å². The minimum atomic E-state index is -4.54. The first-order valence-electron chi connectivity index (χ1n) is 8.37. The normalized spacial score (nSPS) is 21.2. The summed E-state index contributed by atoms with van der Waals surface area (Å²) in [6, 6.07) is -1.08. The van der Waals surface area contributed by atoms with Gasteiger partial charge in [0.15, 0.2) is 5.88 Å². The lowest BCUT2D eigenvalue weighted by atomic mass is 10.0. The highest BCUT2D eigenvalue weighted by Gasteiger charge is 2.54. The number of rotatable bonds is 8. The fourth-order valence-corrected chi connectivity index (χ4v) is 6.10. The molecule has 0 spiro atoms. The maximum absolute atomic E-state index is 12.5. The van der Waals surface area contributed by atoms with Crippen molar-refractivity contribution in [3.63, 3.8) is 0 Å². The molecule has 3 heterocycles.